The molecule has 0 fully saturated rings. The fourth-order valence-corrected chi connectivity index (χ4v) is 2.35. The van der Waals surface area contributed by atoms with E-state index in [-0.39, 0.29) is 16.9 Å². The number of ketones is 1. The molecule has 0 radical (unpaired) electrons. The molecule has 2 rings (SSSR count). The van der Waals surface area contributed by atoms with Crippen LogP contribution in [0.15, 0.2) is 28.5 Å². The highest BCUT2D eigenvalue weighted by Crippen LogP contribution is 2.39. The van der Waals surface area contributed by atoms with Crippen molar-refractivity contribution in [1.29, 1.82) is 10.5 Å². The number of fused-ring (bicyclic) bond motifs is 1. The minimum atomic E-state index is -0.191. The maximum atomic E-state index is 11.7. The summed E-state index contributed by atoms with van der Waals surface area (Å²) in [4.78, 5) is 11.7. The molecule has 1 aromatic rings. The smallest absolute Gasteiger partial charge is 0.194 e. The maximum absolute atomic E-state index is 11.7. The lowest BCUT2D eigenvalue weighted by atomic mass is 10.0. The molecule has 15 heavy (non-hydrogen) atoms. The van der Waals surface area contributed by atoms with Gasteiger partial charge in [-0.15, -0.1) is 0 Å². The van der Waals surface area contributed by atoms with E-state index in [1.807, 2.05) is 0 Å². The van der Waals surface area contributed by atoms with E-state index in [2.05, 4.69) is 6.58 Å². The molecule has 3 nitrogen and oxygen atoms in total. The van der Waals surface area contributed by atoms with Gasteiger partial charge in [0.05, 0.1) is 0 Å². The molecule has 1 aromatic heterocycles. The van der Waals surface area contributed by atoms with Crippen LogP contribution in [0.1, 0.15) is 15.9 Å². The number of rotatable bonds is 0. The maximum Gasteiger partial charge on any atom is 0.194 e. The van der Waals surface area contributed by atoms with Crippen molar-refractivity contribution >= 4 is 22.7 Å². The number of thiophene rings is 1. The molecule has 0 saturated heterocycles. The summed E-state index contributed by atoms with van der Waals surface area (Å²) in [5, 5.41) is 21.0. The van der Waals surface area contributed by atoms with Gasteiger partial charge >= 0.3 is 0 Å². The molecule has 0 aliphatic heterocycles. The molecule has 4 heteroatoms. The van der Waals surface area contributed by atoms with Crippen molar-refractivity contribution in [3.63, 3.8) is 0 Å². The average Bonchev–Trinajstić information content (AvgIpc) is 2.78. The Bertz CT molecular complexity index is 577. The fourth-order valence-electron chi connectivity index (χ4n) is 1.53. The zero-order valence-corrected chi connectivity index (χ0v) is 8.39. The van der Waals surface area contributed by atoms with E-state index in [0.29, 0.717) is 16.7 Å². The Hall–Kier alpha value is -2.17. The van der Waals surface area contributed by atoms with E-state index in [1.54, 1.807) is 22.9 Å². The molecule has 0 bridgehead atoms. The Labute approximate surface area is 90.2 Å². The van der Waals surface area contributed by atoms with Gasteiger partial charge in [-0.3, -0.25) is 4.79 Å². The summed E-state index contributed by atoms with van der Waals surface area (Å²) in [7, 11) is 0. The molecule has 0 amide bonds. The molecule has 0 N–H and O–H groups in total. The van der Waals surface area contributed by atoms with Gasteiger partial charge in [0.15, 0.2) is 5.78 Å². The minimum Gasteiger partial charge on any atom is -0.289 e. The largest absolute Gasteiger partial charge is 0.289 e. The van der Waals surface area contributed by atoms with E-state index in [9.17, 15) is 4.79 Å². The molecule has 0 spiro atoms. The van der Waals surface area contributed by atoms with Gasteiger partial charge in [-0.05, 0) is 5.38 Å². The number of allylic oxidation sites excluding steroid dienone is 3. The van der Waals surface area contributed by atoms with Crippen molar-refractivity contribution in [2.75, 3.05) is 0 Å². The van der Waals surface area contributed by atoms with Crippen molar-refractivity contribution in [2.45, 2.75) is 0 Å². The molecule has 1 aliphatic carbocycles. The number of carbonyl (C=O) groups is 1. The molecular weight excluding hydrogens is 208 g/mol. The Kier molecular flexibility index (Phi) is 2.00. The van der Waals surface area contributed by atoms with Crippen LogP contribution in [0.2, 0.25) is 0 Å². The molecule has 70 valence electrons. The van der Waals surface area contributed by atoms with Crippen LogP contribution in [0.4, 0.5) is 0 Å². The number of carbonyl (C=O) groups excluding carboxylic acids is 1. The summed E-state index contributed by atoms with van der Waals surface area (Å²) in [6, 6.07) is 3.57. The lowest BCUT2D eigenvalue weighted by Gasteiger charge is -1.96. The Balaban J connectivity index is 2.80. The lowest BCUT2D eigenvalue weighted by molar-refractivity contribution is 0.104. The van der Waals surface area contributed by atoms with E-state index in [0.717, 1.165) is 0 Å². The van der Waals surface area contributed by atoms with Crippen LogP contribution in [0.3, 0.4) is 0 Å². The van der Waals surface area contributed by atoms with E-state index in [1.165, 1.54) is 11.3 Å². The van der Waals surface area contributed by atoms with Crippen LogP contribution in [0, 0.1) is 22.7 Å². The van der Waals surface area contributed by atoms with Crippen LogP contribution in [-0.4, -0.2) is 5.78 Å². The van der Waals surface area contributed by atoms with Crippen LogP contribution >= 0.6 is 11.3 Å². The van der Waals surface area contributed by atoms with Crippen molar-refractivity contribution < 1.29 is 4.79 Å². The fraction of sp³-hybridized carbons (Fsp3) is 0. The number of Topliss-reactive ketones (excluding diaryl/α,β-unsaturated/α-hetero) is 1. The number of nitriles is 2. The van der Waals surface area contributed by atoms with Crippen LogP contribution in [0.5, 0.6) is 0 Å². The second-order valence-electron chi connectivity index (χ2n) is 2.98. The van der Waals surface area contributed by atoms with Gasteiger partial charge in [-0.1, -0.05) is 6.58 Å². The molecule has 0 atom stereocenters. The summed E-state index contributed by atoms with van der Waals surface area (Å²) in [6.45, 7) is 3.62. The van der Waals surface area contributed by atoms with Crippen molar-refractivity contribution in [3.8, 4) is 12.1 Å². The van der Waals surface area contributed by atoms with E-state index >= 15 is 0 Å². The van der Waals surface area contributed by atoms with Crippen molar-refractivity contribution in [2.24, 2.45) is 0 Å². The predicted octanol–water partition coefficient (Wildman–Crippen LogP) is 2.30. The topological polar surface area (TPSA) is 64.7 Å². The summed E-state index contributed by atoms with van der Waals surface area (Å²) in [6.07, 6.45) is 0. The second kappa shape index (κ2) is 3.20. The standard InChI is InChI=1S/C11H4N2OS/c1-6-10(7(2-12)3-13)8-4-15-5-9(8)11(6)14/h4-5H,1H2. The number of hydrogen-bond donors (Lipinski definition) is 0. The highest BCUT2D eigenvalue weighted by molar-refractivity contribution is 7.08. The first-order valence-corrected chi connectivity index (χ1v) is 5.00. The summed E-state index contributed by atoms with van der Waals surface area (Å²) < 4.78 is 0. The third kappa shape index (κ3) is 1.13. The van der Waals surface area contributed by atoms with Gasteiger partial charge in [0.1, 0.15) is 17.7 Å². The molecule has 1 heterocycles. The highest BCUT2D eigenvalue weighted by atomic mass is 32.1. The van der Waals surface area contributed by atoms with Gasteiger partial charge in [-0.25, -0.2) is 0 Å². The monoisotopic (exact) mass is 212 g/mol. The third-order valence-electron chi connectivity index (χ3n) is 2.23. The minimum absolute atomic E-state index is 0.0505. The molecular formula is C11H4N2OS. The molecule has 0 aromatic carbocycles. The van der Waals surface area contributed by atoms with Crippen LogP contribution in [0.25, 0.3) is 5.57 Å². The SMILES string of the molecule is C=C1C(=O)c2cscc2C1=C(C#N)C#N. The average molecular weight is 212 g/mol. The summed E-state index contributed by atoms with van der Waals surface area (Å²) in [5.74, 6) is -0.191. The second-order valence-corrected chi connectivity index (χ2v) is 3.72. The number of nitrogens with zero attached hydrogens (tertiary/aromatic N) is 2. The Morgan fingerprint density at radius 3 is 2.47 bits per heavy atom. The zero-order chi connectivity index (χ0) is 11.0. The van der Waals surface area contributed by atoms with Gasteiger partial charge in [0, 0.05) is 27.7 Å². The van der Waals surface area contributed by atoms with Crippen LogP contribution in [-0.2, 0) is 0 Å². The van der Waals surface area contributed by atoms with Gasteiger partial charge in [-0.2, -0.15) is 21.9 Å². The van der Waals surface area contributed by atoms with Crippen molar-refractivity contribution in [3.05, 3.63) is 39.6 Å². The Morgan fingerprint density at radius 2 is 1.87 bits per heavy atom. The van der Waals surface area contributed by atoms with Gasteiger partial charge in [0.2, 0.25) is 0 Å². The van der Waals surface area contributed by atoms with Gasteiger partial charge in [0.25, 0.3) is 0 Å². The summed E-state index contributed by atoms with van der Waals surface area (Å²) >= 11 is 1.38. The van der Waals surface area contributed by atoms with Crippen LogP contribution < -0.4 is 0 Å². The van der Waals surface area contributed by atoms with Gasteiger partial charge < -0.3 is 0 Å². The molecule has 1 aliphatic rings. The first kappa shape index (κ1) is 9.39. The van der Waals surface area contributed by atoms with E-state index < -0.39 is 0 Å². The first-order valence-electron chi connectivity index (χ1n) is 4.05. The lowest BCUT2D eigenvalue weighted by Crippen LogP contribution is -1.92. The normalized spacial score (nSPS) is 13.3. The van der Waals surface area contributed by atoms with Crippen molar-refractivity contribution in [1.82, 2.24) is 0 Å². The van der Waals surface area contributed by atoms with E-state index in [4.69, 9.17) is 10.5 Å². The molecule has 0 unspecified atom stereocenters. The third-order valence-corrected chi connectivity index (χ3v) is 2.97. The first-order chi connectivity index (χ1) is 7.20. The summed E-state index contributed by atoms with van der Waals surface area (Å²) in [5.41, 5.74) is 1.79. The molecule has 0 saturated carbocycles. The number of hydrogen-bond acceptors (Lipinski definition) is 4. The zero-order valence-electron chi connectivity index (χ0n) is 7.57. The Morgan fingerprint density at radius 1 is 1.27 bits per heavy atom. The highest BCUT2D eigenvalue weighted by Gasteiger charge is 2.31. The quantitative estimate of drug-likeness (QED) is 0.489. The predicted molar refractivity (Wildman–Crippen MR) is 55.9 cm³/mol.